The first-order chi connectivity index (χ1) is 9.45. The third-order valence-corrected chi connectivity index (χ3v) is 4.39. The highest BCUT2D eigenvalue weighted by Crippen LogP contribution is 2.39. The average Bonchev–Trinajstić information content (AvgIpc) is 2.93. The maximum atomic E-state index is 11.8. The summed E-state index contributed by atoms with van der Waals surface area (Å²) in [5.74, 6) is -1.18. The molecule has 2 heterocycles. The maximum Gasteiger partial charge on any atom is 0.350 e. The van der Waals surface area contributed by atoms with E-state index >= 15 is 0 Å². The lowest BCUT2D eigenvalue weighted by atomic mass is 10.2. The topological polar surface area (TPSA) is 125 Å². The van der Waals surface area contributed by atoms with Crippen molar-refractivity contribution in [3.8, 4) is 0 Å². The van der Waals surface area contributed by atoms with Crippen molar-refractivity contribution in [2.75, 3.05) is 30.3 Å². The summed E-state index contributed by atoms with van der Waals surface area (Å²) in [5, 5.41) is 0.603. The van der Waals surface area contributed by atoms with Gasteiger partial charge in [0.2, 0.25) is 0 Å². The number of anilines is 2. The van der Waals surface area contributed by atoms with Crippen molar-refractivity contribution in [3.05, 3.63) is 10.4 Å². The van der Waals surface area contributed by atoms with Gasteiger partial charge in [0.25, 0.3) is 5.91 Å². The van der Waals surface area contributed by atoms with Crippen LogP contribution in [0.25, 0.3) is 0 Å². The molecule has 0 bridgehead atoms. The number of esters is 1. The van der Waals surface area contributed by atoms with Crippen LogP contribution in [0.5, 0.6) is 0 Å². The number of primary amides is 1. The number of thiophene rings is 1. The van der Waals surface area contributed by atoms with Crippen molar-refractivity contribution >= 4 is 33.9 Å². The Balaban J connectivity index is 2.42. The van der Waals surface area contributed by atoms with Gasteiger partial charge in [0.1, 0.15) is 9.88 Å². The molecule has 1 aliphatic rings. The standard InChI is InChI=1S/C12H18N4O3S/c1-2-19-12(18)9-8(14)7(10(15)17)11(20-9)16-4-3-6(13)5-16/h6H,2-5,13-14H2,1H3,(H2,15,17). The summed E-state index contributed by atoms with van der Waals surface area (Å²) >= 11 is 1.13. The lowest BCUT2D eigenvalue weighted by molar-refractivity contribution is 0.0533. The first kappa shape index (κ1) is 14.6. The Kier molecular flexibility index (Phi) is 4.15. The van der Waals surface area contributed by atoms with Crippen LogP contribution in [-0.4, -0.2) is 37.6 Å². The smallest absolute Gasteiger partial charge is 0.350 e. The zero-order valence-electron chi connectivity index (χ0n) is 11.2. The number of nitrogens with zero attached hydrogens (tertiary/aromatic N) is 1. The highest BCUT2D eigenvalue weighted by Gasteiger charge is 2.30. The molecule has 1 aliphatic heterocycles. The Bertz CT molecular complexity index is 543. The van der Waals surface area contributed by atoms with Crippen LogP contribution in [0.3, 0.4) is 0 Å². The number of ether oxygens (including phenoxy) is 1. The van der Waals surface area contributed by atoms with Crippen molar-refractivity contribution in [3.63, 3.8) is 0 Å². The molecule has 1 atom stereocenters. The molecule has 2 rings (SSSR count). The molecule has 0 radical (unpaired) electrons. The van der Waals surface area contributed by atoms with Crippen LogP contribution in [0.15, 0.2) is 0 Å². The van der Waals surface area contributed by atoms with Crippen molar-refractivity contribution in [1.29, 1.82) is 0 Å². The molecule has 1 aromatic heterocycles. The maximum absolute atomic E-state index is 11.8. The van der Waals surface area contributed by atoms with Crippen LogP contribution < -0.4 is 22.1 Å². The molecule has 0 aliphatic carbocycles. The van der Waals surface area contributed by atoms with Crippen LogP contribution >= 0.6 is 11.3 Å². The minimum Gasteiger partial charge on any atom is -0.462 e. The molecule has 8 heteroatoms. The van der Waals surface area contributed by atoms with Gasteiger partial charge < -0.3 is 26.8 Å². The predicted molar refractivity (Wildman–Crippen MR) is 78.0 cm³/mol. The fraction of sp³-hybridized carbons (Fsp3) is 0.500. The Morgan fingerprint density at radius 1 is 1.50 bits per heavy atom. The number of hydrogen-bond acceptors (Lipinski definition) is 7. The number of carbonyl (C=O) groups excluding carboxylic acids is 2. The van der Waals surface area contributed by atoms with Gasteiger partial charge in [-0.2, -0.15) is 0 Å². The molecule has 1 unspecified atom stereocenters. The van der Waals surface area contributed by atoms with Gasteiger partial charge in [-0.05, 0) is 13.3 Å². The quantitative estimate of drug-likeness (QED) is 0.679. The van der Waals surface area contributed by atoms with Crippen LogP contribution in [0, 0.1) is 0 Å². The van der Waals surface area contributed by atoms with E-state index in [2.05, 4.69) is 0 Å². The largest absolute Gasteiger partial charge is 0.462 e. The zero-order valence-corrected chi connectivity index (χ0v) is 12.0. The second-order valence-electron chi connectivity index (χ2n) is 4.60. The molecule has 1 aromatic rings. The summed E-state index contributed by atoms with van der Waals surface area (Å²) in [7, 11) is 0. The molecule has 0 spiro atoms. The minimum atomic E-state index is -0.648. The summed E-state index contributed by atoms with van der Waals surface area (Å²) in [6.07, 6.45) is 0.824. The van der Waals surface area contributed by atoms with Gasteiger partial charge in [0.15, 0.2) is 0 Å². The van der Waals surface area contributed by atoms with E-state index in [9.17, 15) is 9.59 Å². The van der Waals surface area contributed by atoms with Gasteiger partial charge in [-0.3, -0.25) is 4.79 Å². The third-order valence-electron chi connectivity index (χ3n) is 3.15. The van der Waals surface area contributed by atoms with E-state index in [1.165, 1.54) is 0 Å². The third kappa shape index (κ3) is 2.56. The van der Waals surface area contributed by atoms with Crippen molar-refractivity contribution in [1.82, 2.24) is 0 Å². The number of nitrogen functional groups attached to an aromatic ring is 1. The highest BCUT2D eigenvalue weighted by atomic mass is 32.1. The minimum absolute atomic E-state index is 0.0464. The molecular formula is C12H18N4O3S. The summed E-state index contributed by atoms with van der Waals surface area (Å²) in [6.45, 7) is 3.27. The van der Waals surface area contributed by atoms with E-state index in [1.54, 1.807) is 6.92 Å². The molecule has 110 valence electrons. The van der Waals surface area contributed by atoms with Gasteiger partial charge in [-0.15, -0.1) is 11.3 Å². The normalized spacial score (nSPS) is 18.3. The number of carbonyl (C=O) groups is 2. The van der Waals surface area contributed by atoms with Gasteiger partial charge in [0.05, 0.1) is 17.9 Å². The average molecular weight is 298 g/mol. The van der Waals surface area contributed by atoms with Crippen LogP contribution in [0.4, 0.5) is 10.7 Å². The fourth-order valence-corrected chi connectivity index (χ4v) is 3.37. The van der Waals surface area contributed by atoms with Crippen molar-refractivity contribution in [2.45, 2.75) is 19.4 Å². The highest BCUT2D eigenvalue weighted by molar-refractivity contribution is 7.19. The van der Waals surface area contributed by atoms with E-state index in [-0.39, 0.29) is 28.8 Å². The van der Waals surface area contributed by atoms with Crippen LogP contribution in [-0.2, 0) is 4.74 Å². The zero-order chi connectivity index (χ0) is 14.9. The molecule has 7 nitrogen and oxygen atoms in total. The Morgan fingerprint density at radius 3 is 2.70 bits per heavy atom. The molecule has 1 fully saturated rings. The lowest BCUT2D eigenvalue weighted by Crippen LogP contribution is -2.27. The van der Waals surface area contributed by atoms with E-state index < -0.39 is 11.9 Å². The Labute approximate surface area is 120 Å². The summed E-state index contributed by atoms with van der Waals surface area (Å²) in [6, 6.07) is 0.0464. The number of amides is 1. The molecule has 6 N–H and O–H groups in total. The Morgan fingerprint density at radius 2 is 2.20 bits per heavy atom. The van der Waals surface area contributed by atoms with Gasteiger partial charge in [-0.25, -0.2) is 4.79 Å². The summed E-state index contributed by atoms with van der Waals surface area (Å²) < 4.78 is 4.94. The van der Waals surface area contributed by atoms with Crippen molar-refractivity contribution in [2.24, 2.45) is 11.5 Å². The van der Waals surface area contributed by atoms with E-state index in [0.29, 0.717) is 18.1 Å². The van der Waals surface area contributed by atoms with Crippen molar-refractivity contribution < 1.29 is 14.3 Å². The fourth-order valence-electron chi connectivity index (χ4n) is 2.21. The second-order valence-corrected chi connectivity index (χ2v) is 5.60. The summed E-state index contributed by atoms with van der Waals surface area (Å²) in [4.78, 5) is 25.6. The lowest BCUT2D eigenvalue weighted by Gasteiger charge is -2.16. The van der Waals surface area contributed by atoms with Crippen LogP contribution in [0.2, 0.25) is 0 Å². The van der Waals surface area contributed by atoms with E-state index in [1.807, 2.05) is 4.90 Å². The van der Waals surface area contributed by atoms with E-state index in [4.69, 9.17) is 21.9 Å². The molecule has 0 saturated carbocycles. The molecule has 20 heavy (non-hydrogen) atoms. The monoisotopic (exact) mass is 298 g/mol. The van der Waals surface area contributed by atoms with Gasteiger partial charge in [-0.1, -0.05) is 0 Å². The summed E-state index contributed by atoms with van der Waals surface area (Å²) in [5.41, 5.74) is 17.4. The first-order valence-electron chi connectivity index (χ1n) is 6.35. The predicted octanol–water partition coefficient (Wildman–Crippen LogP) is 0.143. The number of rotatable bonds is 4. The SMILES string of the molecule is CCOC(=O)c1sc(N2CCC(N)C2)c(C(N)=O)c1N. The van der Waals surface area contributed by atoms with E-state index in [0.717, 1.165) is 17.8 Å². The molecular weight excluding hydrogens is 280 g/mol. The molecule has 1 amide bonds. The molecule has 0 aromatic carbocycles. The number of nitrogens with two attached hydrogens (primary N) is 3. The first-order valence-corrected chi connectivity index (χ1v) is 7.17. The second kappa shape index (κ2) is 5.68. The number of hydrogen-bond donors (Lipinski definition) is 3. The Hall–Kier alpha value is -1.80. The van der Waals surface area contributed by atoms with Crippen LogP contribution in [0.1, 0.15) is 33.4 Å². The van der Waals surface area contributed by atoms with Gasteiger partial charge >= 0.3 is 5.97 Å². The van der Waals surface area contributed by atoms with Gasteiger partial charge in [0, 0.05) is 19.1 Å². The molecule has 1 saturated heterocycles.